The second-order valence-corrected chi connectivity index (χ2v) is 2.35. The minimum absolute atomic E-state index is 0.410. The molecule has 0 saturated heterocycles. The van der Waals surface area contributed by atoms with Gasteiger partial charge in [0.15, 0.2) is 0 Å². The third-order valence-corrected chi connectivity index (χ3v) is 1.15. The summed E-state index contributed by atoms with van der Waals surface area (Å²) >= 11 is 0. The predicted octanol–water partition coefficient (Wildman–Crippen LogP) is 0.744. The first-order valence-electron chi connectivity index (χ1n) is 2.03. The van der Waals surface area contributed by atoms with Crippen molar-refractivity contribution in [1.29, 1.82) is 0 Å². The molecule has 48 valence electrons. The summed E-state index contributed by atoms with van der Waals surface area (Å²) in [6.45, 7) is 0. The standard InChI is InChI=1S/C3H5F2O2P/c4-3(5)1-2-8(6)7/h3H,1-2H2. The van der Waals surface area contributed by atoms with Gasteiger partial charge in [0.05, 0.1) is 6.42 Å². The normalized spacial score (nSPS) is 12.2. The zero-order valence-corrected chi connectivity index (χ0v) is 4.91. The van der Waals surface area contributed by atoms with Crippen LogP contribution in [0.15, 0.2) is 0 Å². The molecule has 2 nitrogen and oxygen atoms in total. The van der Waals surface area contributed by atoms with Gasteiger partial charge in [-0.1, -0.05) is 4.57 Å². The van der Waals surface area contributed by atoms with Gasteiger partial charge in [-0.05, 0) is 0 Å². The highest BCUT2D eigenvalue weighted by molar-refractivity contribution is 7.36. The van der Waals surface area contributed by atoms with E-state index in [4.69, 9.17) is 0 Å². The number of hydrogen-bond donors (Lipinski definition) is 0. The first kappa shape index (κ1) is 7.92. The lowest BCUT2D eigenvalue weighted by molar-refractivity contribution is -0.164. The molecule has 1 atom stereocenters. The molecule has 0 radical (unpaired) electrons. The topological polar surface area (TPSA) is 40.1 Å². The van der Waals surface area contributed by atoms with Crippen LogP contribution in [0.5, 0.6) is 0 Å². The molecule has 0 aliphatic heterocycles. The fourth-order valence-corrected chi connectivity index (χ4v) is 0.609. The highest BCUT2D eigenvalue weighted by Crippen LogP contribution is 2.11. The zero-order chi connectivity index (χ0) is 6.57. The summed E-state index contributed by atoms with van der Waals surface area (Å²) in [5.41, 5.74) is 0. The molecule has 0 spiro atoms. The van der Waals surface area contributed by atoms with E-state index >= 15 is 0 Å². The lowest BCUT2D eigenvalue weighted by Gasteiger charge is -1.88. The van der Waals surface area contributed by atoms with Crippen LogP contribution < -0.4 is 4.89 Å². The molecule has 0 aromatic carbocycles. The Kier molecular flexibility index (Phi) is 3.83. The highest BCUT2D eigenvalue weighted by atomic mass is 31.1. The van der Waals surface area contributed by atoms with Crippen LogP contribution in [0, 0.1) is 0 Å². The Morgan fingerprint density at radius 2 is 2.12 bits per heavy atom. The van der Waals surface area contributed by atoms with Crippen molar-refractivity contribution >= 4 is 8.03 Å². The maximum Gasteiger partial charge on any atom is 0.308 e. The molecule has 0 bridgehead atoms. The van der Waals surface area contributed by atoms with Crippen LogP contribution in [0.4, 0.5) is 8.78 Å². The summed E-state index contributed by atoms with van der Waals surface area (Å²) in [4.78, 5) is 9.61. The van der Waals surface area contributed by atoms with Gasteiger partial charge in [-0.25, -0.2) is 8.78 Å². The van der Waals surface area contributed by atoms with Gasteiger partial charge < -0.3 is 4.89 Å². The summed E-state index contributed by atoms with van der Waals surface area (Å²) in [6.07, 6.45) is -3.45. The van der Waals surface area contributed by atoms with E-state index in [0.29, 0.717) is 0 Å². The lowest BCUT2D eigenvalue weighted by atomic mass is 10.5. The van der Waals surface area contributed by atoms with E-state index in [1.807, 2.05) is 0 Å². The number of alkyl halides is 2. The molecule has 0 amide bonds. The third kappa shape index (κ3) is 5.92. The summed E-state index contributed by atoms with van der Waals surface area (Å²) in [5, 5.41) is 0. The van der Waals surface area contributed by atoms with Gasteiger partial charge in [0, 0.05) is 0 Å². The van der Waals surface area contributed by atoms with Crippen molar-refractivity contribution in [3.05, 3.63) is 0 Å². The van der Waals surface area contributed by atoms with E-state index in [1.165, 1.54) is 0 Å². The van der Waals surface area contributed by atoms with E-state index in [2.05, 4.69) is 0 Å². The minimum atomic E-state index is -2.61. The Bertz CT molecular complexity index is 85.4. The first-order chi connectivity index (χ1) is 3.63. The Hall–Kier alpha value is -0.0800. The van der Waals surface area contributed by atoms with E-state index in [1.54, 1.807) is 0 Å². The van der Waals surface area contributed by atoms with Gasteiger partial charge in [-0.15, -0.1) is 0 Å². The summed E-state index contributed by atoms with van der Waals surface area (Å²) < 4.78 is 31.9. The first-order valence-corrected chi connectivity index (χ1v) is 3.39. The molecule has 0 aromatic rings. The second kappa shape index (κ2) is 3.87. The molecule has 0 saturated carbocycles. The van der Waals surface area contributed by atoms with Crippen molar-refractivity contribution in [2.75, 3.05) is 6.16 Å². The van der Waals surface area contributed by atoms with Gasteiger partial charge in [-0.3, -0.25) is 0 Å². The van der Waals surface area contributed by atoms with E-state index in [0.717, 1.165) is 0 Å². The highest BCUT2D eigenvalue weighted by Gasteiger charge is 2.07. The average molecular weight is 142 g/mol. The number of hydrogen-bond acceptors (Lipinski definition) is 2. The fourth-order valence-electron chi connectivity index (χ4n) is 0.203. The minimum Gasteiger partial charge on any atom is -0.596 e. The van der Waals surface area contributed by atoms with Crippen LogP contribution in [0.3, 0.4) is 0 Å². The van der Waals surface area contributed by atoms with Crippen LogP contribution in [-0.2, 0) is 4.57 Å². The van der Waals surface area contributed by atoms with Gasteiger partial charge in [0.25, 0.3) is 0 Å². The largest absolute Gasteiger partial charge is 0.596 e. The molecule has 0 N–H and O–H groups in total. The smallest absolute Gasteiger partial charge is 0.308 e. The Balaban J connectivity index is 3.05. The maximum atomic E-state index is 11.1. The summed E-state index contributed by atoms with van der Waals surface area (Å²) in [6, 6.07) is 0. The van der Waals surface area contributed by atoms with Crippen molar-refractivity contribution in [2.45, 2.75) is 12.8 Å². The molecule has 0 heterocycles. The van der Waals surface area contributed by atoms with Crippen molar-refractivity contribution in [1.82, 2.24) is 0 Å². The van der Waals surface area contributed by atoms with Crippen LogP contribution in [0.1, 0.15) is 6.42 Å². The molecule has 0 aliphatic rings. The SMILES string of the molecule is O=[P+]([O-])CCC(F)F. The van der Waals surface area contributed by atoms with Crippen LogP contribution in [0.2, 0.25) is 0 Å². The number of rotatable bonds is 3. The monoisotopic (exact) mass is 142 g/mol. The molecular formula is C3H5F2O2P. The summed E-state index contributed by atoms with van der Waals surface area (Å²) in [5.74, 6) is 0. The maximum absolute atomic E-state index is 11.1. The molecule has 8 heavy (non-hydrogen) atoms. The molecule has 0 aromatic heterocycles. The van der Waals surface area contributed by atoms with Crippen molar-refractivity contribution in [3.63, 3.8) is 0 Å². The predicted molar refractivity (Wildman–Crippen MR) is 23.1 cm³/mol. The van der Waals surface area contributed by atoms with Gasteiger partial charge in [0.2, 0.25) is 6.43 Å². The Morgan fingerprint density at radius 3 is 2.25 bits per heavy atom. The second-order valence-electron chi connectivity index (χ2n) is 1.24. The zero-order valence-electron chi connectivity index (χ0n) is 4.01. The number of halogens is 2. The fraction of sp³-hybridized carbons (Fsp3) is 1.00. The Morgan fingerprint density at radius 1 is 1.62 bits per heavy atom. The third-order valence-electron chi connectivity index (χ3n) is 0.530. The van der Waals surface area contributed by atoms with E-state index in [-0.39, 0.29) is 0 Å². The van der Waals surface area contributed by atoms with Gasteiger partial charge >= 0.3 is 8.03 Å². The average Bonchev–Trinajstić information content (AvgIpc) is 1.61. The molecule has 0 rings (SSSR count). The van der Waals surface area contributed by atoms with E-state index in [9.17, 15) is 18.2 Å². The molecule has 0 aliphatic carbocycles. The van der Waals surface area contributed by atoms with Crippen molar-refractivity contribution in [3.8, 4) is 0 Å². The van der Waals surface area contributed by atoms with Crippen molar-refractivity contribution in [2.24, 2.45) is 0 Å². The molecule has 0 fully saturated rings. The Labute approximate surface area is 46.4 Å². The summed E-state index contributed by atoms with van der Waals surface area (Å²) in [7, 11) is -2.61. The van der Waals surface area contributed by atoms with E-state index < -0.39 is 27.0 Å². The lowest BCUT2D eigenvalue weighted by Crippen LogP contribution is -1.96. The molecule has 1 unspecified atom stereocenters. The molecular weight excluding hydrogens is 137 g/mol. The van der Waals surface area contributed by atoms with Crippen molar-refractivity contribution < 1.29 is 18.2 Å². The van der Waals surface area contributed by atoms with Crippen LogP contribution in [0.25, 0.3) is 0 Å². The van der Waals surface area contributed by atoms with Gasteiger partial charge in [0.1, 0.15) is 6.16 Å². The quantitative estimate of drug-likeness (QED) is 0.545. The van der Waals surface area contributed by atoms with Crippen LogP contribution in [-0.4, -0.2) is 12.6 Å². The molecule has 5 heteroatoms. The van der Waals surface area contributed by atoms with Crippen LogP contribution >= 0.6 is 8.03 Å². The van der Waals surface area contributed by atoms with Gasteiger partial charge in [-0.2, -0.15) is 0 Å².